The average molecular weight is 374 g/mol. The van der Waals surface area contributed by atoms with E-state index in [9.17, 15) is 9.18 Å². The predicted octanol–water partition coefficient (Wildman–Crippen LogP) is 4.14. The van der Waals surface area contributed by atoms with Gasteiger partial charge in [-0.15, -0.1) is 0 Å². The van der Waals surface area contributed by atoms with Gasteiger partial charge in [0.05, 0.1) is 0 Å². The first kappa shape index (κ1) is 16.9. The molecule has 5 nitrogen and oxygen atoms in total. The summed E-state index contributed by atoms with van der Waals surface area (Å²) >= 11 is 0. The highest BCUT2D eigenvalue weighted by Crippen LogP contribution is 2.43. The van der Waals surface area contributed by atoms with Crippen molar-refractivity contribution in [2.45, 2.75) is 31.7 Å². The van der Waals surface area contributed by atoms with E-state index in [0.29, 0.717) is 23.8 Å². The minimum absolute atomic E-state index is 0.0933. The molecular weight excluding hydrogens is 355 g/mol. The summed E-state index contributed by atoms with van der Waals surface area (Å²) in [5.74, 6) is 1.16. The van der Waals surface area contributed by atoms with Crippen LogP contribution in [0, 0.1) is 12.7 Å². The van der Waals surface area contributed by atoms with E-state index in [1.54, 1.807) is 16.8 Å². The van der Waals surface area contributed by atoms with E-state index < -0.39 is 6.04 Å². The Balaban J connectivity index is 1.62. The number of nitrogens with zero attached hydrogens (tertiary/aromatic N) is 3. The molecule has 1 N–H and O–H groups in total. The molecule has 1 aliphatic heterocycles. The minimum Gasteiger partial charge on any atom is -0.328 e. The van der Waals surface area contributed by atoms with Crippen molar-refractivity contribution in [3.8, 4) is 0 Å². The molecule has 0 spiro atoms. The van der Waals surface area contributed by atoms with Crippen LogP contribution >= 0.6 is 0 Å². The number of carbonyl (C=O) groups excluding carboxylic acids is 1. The van der Waals surface area contributed by atoms with Crippen LogP contribution in [0.5, 0.6) is 0 Å². The van der Waals surface area contributed by atoms with Crippen LogP contribution in [-0.2, 0) is 4.79 Å². The second-order valence-corrected chi connectivity index (χ2v) is 7.34. The van der Waals surface area contributed by atoms with Crippen LogP contribution in [0.25, 0.3) is 0 Å². The lowest BCUT2D eigenvalue weighted by Gasteiger charge is -2.35. The number of anilines is 1. The van der Waals surface area contributed by atoms with Crippen molar-refractivity contribution in [1.29, 1.82) is 0 Å². The number of fused-ring (bicyclic) bond motifs is 1. The molecule has 2 heterocycles. The SMILES string of the molecule is Cc1nc2n(n1)[C@@H](c1ccc(F)cc1)C1=C(C[C@H](c3ccccc3)CC1=O)N2. The molecule has 6 heteroatoms. The zero-order chi connectivity index (χ0) is 19.3. The summed E-state index contributed by atoms with van der Waals surface area (Å²) < 4.78 is 15.2. The zero-order valence-electron chi connectivity index (χ0n) is 15.4. The number of benzene rings is 2. The van der Waals surface area contributed by atoms with Gasteiger partial charge in [-0.3, -0.25) is 4.79 Å². The average Bonchev–Trinajstić information content (AvgIpc) is 3.07. The van der Waals surface area contributed by atoms with Gasteiger partial charge in [0.25, 0.3) is 0 Å². The number of Topliss-reactive ketones (excluding diaryl/α,β-unsaturated/α-hetero) is 1. The Hall–Kier alpha value is -3.28. The van der Waals surface area contributed by atoms with Gasteiger partial charge in [-0.2, -0.15) is 10.1 Å². The third-order valence-electron chi connectivity index (χ3n) is 5.48. The van der Waals surface area contributed by atoms with Gasteiger partial charge in [-0.05, 0) is 42.5 Å². The molecule has 2 aromatic carbocycles. The van der Waals surface area contributed by atoms with E-state index in [1.165, 1.54) is 12.1 Å². The first-order chi connectivity index (χ1) is 13.6. The van der Waals surface area contributed by atoms with Crippen molar-refractivity contribution in [1.82, 2.24) is 14.8 Å². The quantitative estimate of drug-likeness (QED) is 0.732. The van der Waals surface area contributed by atoms with Crippen LogP contribution in [0.4, 0.5) is 10.3 Å². The van der Waals surface area contributed by atoms with Gasteiger partial charge in [-0.1, -0.05) is 42.5 Å². The molecule has 1 aliphatic carbocycles. The Morgan fingerprint density at radius 3 is 2.54 bits per heavy atom. The standard InChI is InChI=1S/C22H19FN4O/c1-13-24-22-25-18-11-16(14-5-3-2-4-6-14)12-19(28)20(18)21(27(22)26-13)15-7-9-17(23)10-8-15/h2-10,16,21H,11-12H2,1H3,(H,24,25,26)/t16-,21-/m0/s1. The topological polar surface area (TPSA) is 59.8 Å². The Labute approximate surface area is 161 Å². The molecule has 28 heavy (non-hydrogen) atoms. The molecule has 3 aromatic rings. The number of allylic oxidation sites excluding steroid dienone is 2. The lowest BCUT2D eigenvalue weighted by Crippen LogP contribution is -2.33. The maximum absolute atomic E-state index is 13.5. The van der Waals surface area contributed by atoms with Crippen molar-refractivity contribution < 1.29 is 9.18 Å². The fraction of sp³-hybridized carbons (Fsp3) is 0.227. The molecule has 2 atom stereocenters. The first-order valence-electron chi connectivity index (χ1n) is 9.37. The summed E-state index contributed by atoms with van der Waals surface area (Å²) in [5, 5.41) is 7.83. The Morgan fingerprint density at radius 2 is 1.79 bits per heavy atom. The molecule has 0 bridgehead atoms. The smallest absolute Gasteiger partial charge is 0.226 e. The van der Waals surface area contributed by atoms with Crippen molar-refractivity contribution in [3.05, 3.63) is 88.6 Å². The molecule has 0 saturated carbocycles. The normalized spacial score (nSPS) is 21.1. The third kappa shape index (κ3) is 2.72. The van der Waals surface area contributed by atoms with Gasteiger partial charge in [0.15, 0.2) is 5.78 Å². The summed E-state index contributed by atoms with van der Waals surface area (Å²) in [7, 11) is 0. The highest BCUT2D eigenvalue weighted by Gasteiger charge is 2.39. The van der Waals surface area contributed by atoms with Gasteiger partial charge >= 0.3 is 0 Å². The number of aromatic nitrogens is 3. The molecule has 0 unspecified atom stereocenters. The molecule has 1 aromatic heterocycles. The molecule has 0 fully saturated rings. The number of rotatable bonds is 2. The van der Waals surface area contributed by atoms with E-state index in [2.05, 4.69) is 27.5 Å². The summed E-state index contributed by atoms with van der Waals surface area (Å²) in [6, 6.07) is 16.0. The molecule has 0 amide bonds. The van der Waals surface area contributed by atoms with Crippen LogP contribution in [0.15, 0.2) is 65.9 Å². The minimum atomic E-state index is -0.391. The number of aryl methyl sites for hydroxylation is 1. The van der Waals surface area contributed by atoms with Gasteiger partial charge in [0.2, 0.25) is 5.95 Å². The van der Waals surface area contributed by atoms with Gasteiger partial charge in [0, 0.05) is 17.7 Å². The van der Waals surface area contributed by atoms with Crippen molar-refractivity contribution in [3.63, 3.8) is 0 Å². The lowest BCUT2D eigenvalue weighted by molar-refractivity contribution is -0.116. The fourth-order valence-corrected chi connectivity index (χ4v) is 4.23. The number of hydrogen-bond acceptors (Lipinski definition) is 4. The Kier molecular flexibility index (Phi) is 3.86. The van der Waals surface area contributed by atoms with Crippen LogP contribution in [-0.4, -0.2) is 20.5 Å². The zero-order valence-corrected chi connectivity index (χ0v) is 15.4. The van der Waals surface area contributed by atoms with Crippen molar-refractivity contribution in [2.24, 2.45) is 0 Å². The van der Waals surface area contributed by atoms with E-state index in [-0.39, 0.29) is 17.5 Å². The summed E-state index contributed by atoms with van der Waals surface area (Å²) in [5.41, 5.74) is 3.58. The highest BCUT2D eigenvalue weighted by molar-refractivity contribution is 6.00. The number of carbonyl (C=O) groups is 1. The van der Waals surface area contributed by atoms with Gasteiger partial charge in [-0.25, -0.2) is 9.07 Å². The monoisotopic (exact) mass is 374 g/mol. The van der Waals surface area contributed by atoms with Gasteiger partial charge in [0.1, 0.15) is 17.7 Å². The van der Waals surface area contributed by atoms with Gasteiger partial charge < -0.3 is 5.32 Å². The van der Waals surface area contributed by atoms with E-state index in [1.807, 2.05) is 25.1 Å². The summed E-state index contributed by atoms with van der Waals surface area (Å²) in [6.45, 7) is 1.82. The second-order valence-electron chi connectivity index (χ2n) is 7.34. The Morgan fingerprint density at radius 1 is 1.04 bits per heavy atom. The molecule has 5 rings (SSSR count). The van der Waals surface area contributed by atoms with Crippen molar-refractivity contribution in [2.75, 3.05) is 5.32 Å². The van der Waals surface area contributed by atoms with Crippen LogP contribution in [0.2, 0.25) is 0 Å². The number of hydrogen-bond donors (Lipinski definition) is 1. The number of ketones is 1. The van der Waals surface area contributed by atoms with E-state index in [4.69, 9.17) is 0 Å². The number of nitrogens with one attached hydrogen (secondary N) is 1. The summed E-state index contributed by atoms with van der Waals surface area (Å²) in [6.07, 6.45) is 1.18. The molecule has 0 saturated heterocycles. The predicted molar refractivity (Wildman–Crippen MR) is 103 cm³/mol. The highest BCUT2D eigenvalue weighted by atomic mass is 19.1. The maximum Gasteiger partial charge on any atom is 0.226 e. The Bertz CT molecular complexity index is 1090. The molecular formula is C22H19FN4O. The summed E-state index contributed by atoms with van der Waals surface area (Å²) in [4.78, 5) is 17.7. The van der Waals surface area contributed by atoms with E-state index >= 15 is 0 Å². The van der Waals surface area contributed by atoms with Crippen LogP contribution in [0.3, 0.4) is 0 Å². The molecule has 140 valence electrons. The largest absolute Gasteiger partial charge is 0.328 e. The van der Waals surface area contributed by atoms with Crippen LogP contribution < -0.4 is 5.32 Å². The maximum atomic E-state index is 13.5. The first-order valence-corrected chi connectivity index (χ1v) is 9.37. The van der Waals surface area contributed by atoms with Crippen LogP contribution in [0.1, 0.15) is 41.8 Å². The second kappa shape index (κ2) is 6.41. The number of halogens is 1. The fourth-order valence-electron chi connectivity index (χ4n) is 4.23. The third-order valence-corrected chi connectivity index (χ3v) is 5.48. The molecule has 0 radical (unpaired) electrons. The lowest BCUT2D eigenvalue weighted by atomic mass is 9.78. The van der Waals surface area contributed by atoms with E-state index in [0.717, 1.165) is 23.2 Å². The van der Waals surface area contributed by atoms with Crippen molar-refractivity contribution >= 4 is 11.7 Å². The molecule has 2 aliphatic rings.